The standard InChI is InChI=1S/C16H18N2O3/c17-15(19)13-9-18-14-8-10(6-7-12(13)14)16(20)21-11-4-2-1-3-5-11/h6-9,11,18H,1-5H2,(H2,17,19). The molecule has 2 aromatic rings. The molecule has 0 radical (unpaired) electrons. The molecule has 1 aliphatic rings. The molecule has 0 bridgehead atoms. The Balaban J connectivity index is 1.80. The van der Waals surface area contributed by atoms with E-state index in [1.54, 1.807) is 24.4 Å². The Morgan fingerprint density at radius 1 is 1.19 bits per heavy atom. The Labute approximate surface area is 122 Å². The van der Waals surface area contributed by atoms with E-state index >= 15 is 0 Å². The fraction of sp³-hybridized carbons (Fsp3) is 0.375. The second kappa shape index (κ2) is 5.60. The number of H-pyrrole nitrogens is 1. The van der Waals surface area contributed by atoms with Crippen molar-refractivity contribution in [3.05, 3.63) is 35.5 Å². The highest BCUT2D eigenvalue weighted by molar-refractivity contribution is 6.07. The van der Waals surface area contributed by atoms with Gasteiger partial charge in [-0.15, -0.1) is 0 Å². The van der Waals surface area contributed by atoms with Gasteiger partial charge in [-0.25, -0.2) is 4.79 Å². The maximum absolute atomic E-state index is 12.2. The average molecular weight is 286 g/mol. The lowest BCUT2D eigenvalue weighted by atomic mass is 9.98. The van der Waals surface area contributed by atoms with Crippen LogP contribution in [-0.4, -0.2) is 23.0 Å². The molecule has 0 unspecified atom stereocenters. The Kier molecular flexibility index (Phi) is 3.64. The van der Waals surface area contributed by atoms with E-state index in [1.807, 2.05) is 0 Å². The fourth-order valence-electron chi connectivity index (χ4n) is 2.86. The number of carbonyl (C=O) groups is 2. The van der Waals surface area contributed by atoms with Gasteiger partial charge in [-0.2, -0.15) is 0 Å². The highest BCUT2D eigenvalue weighted by Gasteiger charge is 2.19. The van der Waals surface area contributed by atoms with Crippen molar-refractivity contribution in [1.82, 2.24) is 4.98 Å². The van der Waals surface area contributed by atoms with Crippen LogP contribution in [0.15, 0.2) is 24.4 Å². The van der Waals surface area contributed by atoms with Crippen molar-refractivity contribution >= 4 is 22.8 Å². The lowest BCUT2D eigenvalue weighted by Crippen LogP contribution is -2.20. The van der Waals surface area contributed by atoms with Crippen LogP contribution in [0.3, 0.4) is 0 Å². The Morgan fingerprint density at radius 3 is 2.67 bits per heavy atom. The van der Waals surface area contributed by atoms with E-state index in [9.17, 15) is 9.59 Å². The summed E-state index contributed by atoms with van der Waals surface area (Å²) in [5.41, 5.74) is 6.92. The molecular formula is C16H18N2O3. The molecule has 0 atom stereocenters. The quantitative estimate of drug-likeness (QED) is 0.851. The summed E-state index contributed by atoms with van der Waals surface area (Å²) in [6.45, 7) is 0. The summed E-state index contributed by atoms with van der Waals surface area (Å²) in [4.78, 5) is 26.4. The minimum Gasteiger partial charge on any atom is -0.459 e. The van der Waals surface area contributed by atoms with Crippen LogP contribution < -0.4 is 5.73 Å². The first-order valence-corrected chi connectivity index (χ1v) is 7.27. The van der Waals surface area contributed by atoms with E-state index in [0.29, 0.717) is 16.6 Å². The van der Waals surface area contributed by atoms with E-state index < -0.39 is 5.91 Å². The molecule has 1 aromatic heterocycles. The van der Waals surface area contributed by atoms with Gasteiger partial charge in [-0.1, -0.05) is 12.5 Å². The molecular weight excluding hydrogens is 268 g/mol. The smallest absolute Gasteiger partial charge is 0.338 e. The summed E-state index contributed by atoms with van der Waals surface area (Å²) in [6.07, 6.45) is 6.95. The minimum absolute atomic E-state index is 0.0340. The number of carbonyl (C=O) groups excluding carboxylic acids is 2. The number of esters is 1. The van der Waals surface area contributed by atoms with Crippen molar-refractivity contribution in [2.45, 2.75) is 38.2 Å². The zero-order chi connectivity index (χ0) is 14.8. The second-order valence-corrected chi connectivity index (χ2v) is 5.49. The number of hydrogen-bond donors (Lipinski definition) is 2. The second-order valence-electron chi connectivity index (χ2n) is 5.49. The van der Waals surface area contributed by atoms with Gasteiger partial charge >= 0.3 is 5.97 Å². The molecule has 1 heterocycles. The van der Waals surface area contributed by atoms with Gasteiger partial charge in [-0.05, 0) is 37.8 Å². The molecule has 0 spiro atoms. The summed E-state index contributed by atoms with van der Waals surface area (Å²) >= 11 is 0. The van der Waals surface area contributed by atoms with Crippen LogP contribution in [0.4, 0.5) is 0 Å². The van der Waals surface area contributed by atoms with E-state index in [4.69, 9.17) is 10.5 Å². The molecule has 1 aliphatic carbocycles. The molecule has 3 N–H and O–H groups in total. The number of aromatic amines is 1. The van der Waals surface area contributed by atoms with Gasteiger partial charge in [-0.3, -0.25) is 4.79 Å². The number of benzene rings is 1. The number of amides is 1. The predicted octanol–water partition coefficient (Wildman–Crippen LogP) is 2.76. The van der Waals surface area contributed by atoms with Crippen LogP contribution in [-0.2, 0) is 4.74 Å². The van der Waals surface area contributed by atoms with Gasteiger partial charge in [0, 0.05) is 17.1 Å². The third-order valence-electron chi connectivity index (χ3n) is 4.01. The van der Waals surface area contributed by atoms with Crippen molar-refractivity contribution in [3.8, 4) is 0 Å². The zero-order valence-electron chi connectivity index (χ0n) is 11.7. The molecule has 0 saturated heterocycles. The first kappa shape index (κ1) is 13.7. The summed E-state index contributed by atoms with van der Waals surface area (Å²) in [7, 11) is 0. The van der Waals surface area contributed by atoms with E-state index in [2.05, 4.69) is 4.98 Å². The molecule has 5 heteroatoms. The normalized spacial score (nSPS) is 16.0. The third-order valence-corrected chi connectivity index (χ3v) is 4.01. The monoisotopic (exact) mass is 286 g/mol. The number of primary amides is 1. The summed E-state index contributed by atoms with van der Waals surface area (Å²) in [5.74, 6) is -0.794. The molecule has 1 amide bonds. The average Bonchev–Trinajstić information content (AvgIpc) is 2.91. The summed E-state index contributed by atoms with van der Waals surface area (Å²) in [6, 6.07) is 5.10. The van der Waals surface area contributed by atoms with Crippen molar-refractivity contribution in [3.63, 3.8) is 0 Å². The van der Waals surface area contributed by atoms with E-state index in [0.717, 1.165) is 31.1 Å². The Bertz CT molecular complexity index is 684. The van der Waals surface area contributed by atoms with E-state index in [-0.39, 0.29) is 12.1 Å². The zero-order valence-corrected chi connectivity index (χ0v) is 11.7. The number of nitrogens with one attached hydrogen (secondary N) is 1. The molecule has 5 nitrogen and oxygen atoms in total. The maximum Gasteiger partial charge on any atom is 0.338 e. The van der Waals surface area contributed by atoms with Gasteiger partial charge in [0.1, 0.15) is 6.10 Å². The summed E-state index contributed by atoms with van der Waals surface area (Å²) in [5, 5.41) is 0.719. The molecule has 1 saturated carbocycles. The van der Waals surface area contributed by atoms with Gasteiger partial charge in [0.15, 0.2) is 0 Å². The van der Waals surface area contributed by atoms with Crippen LogP contribution >= 0.6 is 0 Å². The topological polar surface area (TPSA) is 85.2 Å². The highest BCUT2D eigenvalue weighted by Crippen LogP contribution is 2.23. The molecule has 1 aromatic carbocycles. The molecule has 3 rings (SSSR count). The largest absolute Gasteiger partial charge is 0.459 e. The van der Waals surface area contributed by atoms with Crippen LogP contribution in [0.2, 0.25) is 0 Å². The predicted molar refractivity (Wildman–Crippen MR) is 79.1 cm³/mol. The Morgan fingerprint density at radius 2 is 1.95 bits per heavy atom. The van der Waals surface area contributed by atoms with Crippen molar-refractivity contribution in [1.29, 1.82) is 0 Å². The molecule has 110 valence electrons. The van der Waals surface area contributed by atoms with Crippen LogP contribution in [0.25, 0.3) is 10.9 Å². The number of ether oxygens (including phenoxy) is 1. The lowest BCUT2D eigenvalue weighted by molar-refractivity contribution is 0.0211. The fourth-order valence-corrected chi connectivity index (χ4v) is 2.86. The van der Waals surface area contributed by atoms with Gasteiger partial charge in [0.25, 0.3) is 5.91 Å². The van der Waals surface area contributed by atoms with E-state index in [1.165, 1.54) is 6.42 Å². The Hall–Kier alpha value is -2.30. The molecule has 1 fully saturated rings. The molecule has 21 heavy (non-hydrogen) atoms. The number of rotatable bonds is 3. The number of fused-ring (bicyclic) bond motifs is 1. The number of hydrogen-bond acceptors (Lipinski definition) is 3. The first-order chi connectivity index (χ1) is 10.1. The lowest BCUT2D eigenvalue weighted by Gasteiger charge is -2.21. The van der Waals surface area contributed by atoms with Crippen molar-refractivity contribution in [2.24, 2.45) is 5.73 Å². The van der Waals surface area contributed by atoms with Gasteiger partial charge < -0.3 is 15.5 Å². The number of nitrogens with two attached hydrogens (primary N) is 1. The van der Waals surface area contributed by atoms with Crippen LogP contribution in [0, 0.1) is 0 Å². The van der Waals surface area contributed by atoms with Crippen LogP contribution in [0.5, 0.6) is 0 Å². The number of aromatic nitrogens is 1. The van der Waals surface area contributed by atoms with Crippen molar-refractivity contribution in [2.75, 3.05) is 0 Å². The first-order valence-electron chi connectivity index (χ1n) is 7.27. The van der Waals surface area contributed by atoms with Crippen LogP contribution in [0.1, 0.15) is 52.8 Å². The SMILES string of the molecule is NC(=O)c1c[nH]c2cc(C(=O)OC3CCCCC3)ccc12. The third kappa shape index (κ3) is 2.77. The molecule has 0 aliphatic heterocycles. The highest BCUT2D eigenvalue weighted by atomic mass is 16.5. The minimum atomic E-state index is -0.487. The summed E-state index contributed by atoms with van der Waals surface area (Å²) < 4.78 is 5.54. The van der Waals surface area contributed by atoms with Gasteiger partial charge in [0.05, 0.1) is 11.1 Å². The maximum atomic E-state index is 12.2. The van der Waals surface area contributed by atoms with Gasteiger partial charge in [0.2, 0.25) is 0 Å². The van der Waals surface area contributed by atoms with Crippen molar-refractivity contribution < 1.29 is 14.3 Å².